The molecule has 0 aliphatic carbocycles. The van der Waals surface area contributed by atoms with Crippen LogP contribution < -0.4 is 0 Å². The number of halogens is 1. The van der Waals surface area contributed by atoms with Gasteiger partial charge in [-0.1, -0.05) is 30.7 Å². The number of aromatic hydroxyl groups is 1. The minimum Gasteiger partial charge on any atom is -0.507 e. The van der Waals surface area contributed by atoms with Gasteiger partial charge in [0.15, 0.2) is 11.4 Å². The van der Waals surface area contributed by atoms with Crippen molar-refractivity contribution >= 4 is 28.7 Å². The van der Waals surface area contributed by atoms with E-state index < -0.39 is 10.7 Å². The molecule has 150 valence electrons. The van der Waals surface area contributed by atoms with Crippen molar-refractivity contribution in [3.05, 3.63) is 86.7 Å². The smallest absolute Gasteiger partial charge is 0.270 e. The Morgan fingerprint density at radius 1 is 1.23 bits per heavy atom. The predicted molar refractivity (Wildman–Crippen MR) is 111 cm³/mol. The first-order valence-electron chi connectivity index (χ1n) is 9.04. The first-order chi connectivity index (χ1) is 14.4. The molecule has 30 heavy (non-hydrogen) atoms. The van der Waals surface area contributed by atoms with Crippen LogP contribution in [0.5, 0.6) is 5.75 Å². The molecular formula is C21H15ClN4O4. The Morgan fingerprint density at radius 2 is 1.97 bits per heavy atom. The molecule has 0 aliphatic heterocycles. The molecule has 0 unspecified atom stereocenters. The number of carbonyl (C=O) groups is 1. The lowest BCUT2D eigenvalue weighted by Gasteiger charge is -2.04. The second kappa shape index (κ2) is 7.57. The van der Waals surface area contributed by atoms with Crippen LogP contribution in [-0.4, -0.2) is 30.4 Å². The van der Waals surface area contributed by atoms with Crippen LogP contribution in [0, 0.1) is 10.1 Å². The molecule has 0 amide bonds. The van der Waals surface area contributed by atoms with Crippen LogP contribution in [-0.2, 0) is 6.42 Å². The van der Waals surface area contributed by atoms with E-state index in [1.54, 1.807) is 12.1 Å². The van der Waals surface area contributed by atoms with Crippen LogP contribution >= 0.6 is 11.6 Å². The minimum absolute atomic E-state index is 0.145. The van der Waals surface area contributed by atoms with Crippen molar-refractivity contribution < 1.29 is 14.8 Å². The highest BCUT2D eigenvalue weighted by molar-refractivity contribution is 6.30. The molecule has 9 heteroatoms. The van der Waals surface area contributed by atoms with Gasteiger partial charge in [-0.25, -0.2) is 9.50 Å². The number of phenolic OH excluding ortho intramolecular Hbond substituents is 1. The summed E-state index contributed by atoms with van der Waals surface area (Å²) in [6, 6.07) is 10.6. The predicted octanol–water partition coefficient (Wildman–Crippen LogP) is 4.46. The normalized spacial score (nSPS) is 11.0. The maximum absolute atomic E-state index is 12.9. The average molecular weight is 423 g/mol. The highest BCUT2D eigenvalue weighted by Crippen LogP contribution is 2.29. The maximum atomic E-state index is 12.9. The number of non-ortho nitro benzene ring substituents is 1. The van der Waals surface area contributed by atoms with Crippen molar-refractivity contribution in [3.8, 4) is 17.0 Å². The Kier molecular flexibility index (Phi) is 4.93. The van der Waals surface area contributed by atoms with Gasteiger partial charge in [0.05, 0.1) is 21.7 Å². The first kappa shape index (κ1) is 19.5. The molecular weight excluding hydrogens is 408 g/mol. The van der Waals surface area contributed by atoms with Gasteiger partial charge in [0, 0.05) is 40.7 Å². The van der Waals surface area contributed by atoms with E-state index in [1.165, 1.54) is 16.9 Å². The fraction of sp³-hybridized carbons (Fsp3) is 0.0952. The molecule has 2 aromatic heterocycles. The molecule has 8 nitrogen and oxygen atoms in total. The summed E-state index contributed by atoms with van der Waals surface area (Å²) < 4.78 is 1.50. The van der Waals surface area contributed by atoms with Gasteiger partial charge >= 0.3 is 0 Å². The summed E-state index contributed by atoms with van der Waals surface area (Å²) >= 11 is 5.97. The number of hydrogen-bond acceptors (Lipinski definition) is 6. The van der Waals surface area contributed by atoms with E-state index in [0.717, 1.165) is 35.0 Å². The van der Waals surface area contributed by atoms with Crippen molar-refractivity contribution in [2.24, 2.45) is 0 Å². The van der Waals surface area contributed by atoms with Crippen LogP contribution in [0.3, 0.4) is 0 Å². The van der Waals surface area contributed by atoms with Gasteiger partial charge < -0.3 is 5.11 Å². The summed E-state index contributed by atoms with van der Waals surface area (Å²) in [5.41, 5.74) is 2.78. The quantitative estimate of drug-likeness (QED) is 0.289. The number of nitro benzene ring substituents is 1. The number of aromatic nitrogens is 3. The van der Waals surface area contributed by atoms with Gasteiger partial charge in [0.1, 0.15) is 5.75 Å². The number of nitro groups is 1. The maximum Gasteiger partial charge on any atom is 0.270 e. The zero-order valence-corrected chi connectivity index (χ0v) is 16.5. The molecule has 2 aromatic carbocycles. The van der Waals surface area contributed by atoms with Crippen molar-refractivity contribution in [1.82, 2.24) is 14.6 Å². The van der Waals surface area contributed by atoms with E-state index >= 15 is 0 Å². The fourth-order valence-corrected chi connectivity index (χ4v) is 3.37. The molecule has 0 saturated carbocycles. The number of ketones is 1. The SMILES string of the molecule is CCc1c(-c2ccc(Cl)cc2)nn2cc(C(=O)c3cc([N+](=O)[O-])ccc3O)cnc12. The summed E-state index contributed by atoms with van der Waals surface area (Å²) in [6.07, 6.45) is 3.55. The zero-order chi connectivity index (χ0) is 21.4. The second-order valence-electron chi connectivity index (χ2n) is 6.59. The number of nitrogens with zero attached hydrogens (tertiary/aromatic N) is 4. The monoisotopic (exact) mass is 422 g/mol. The van der Waals surface area contributed by atoms with Gasteiger partial charge in [-0.2, -0.15) is 5.10 Å². The molecule has 2 heterocycles. The van der Waals surface area contributed by atoms with Gasteiger partial charge in [-0.3, -0.25) is 14.9 Å². The van der Waals surface area contributed by atoms with Gasteiger partial charge in [0.2, 0.25) is 0 Å². The summed E-state index contributed by atoms with van der Waals surface area (Å²) in [7, 11) is 0. The highest BCUT2D eigenvalue weighted by Gasteiger charge is 2.21. The summed E-state index contributed by atoms with van der Waals surface area (Å²) in [5.74, 6) is -0.936. The number of rotatable bonds is 5. The average Bonchev–Trinajstić information content (AvgIpc) is 3.11. The lowest BCUT2D eigenvalue weighted by atomic mass is 10.0. The van der Waals surface area contributed by atoms with Crippen molar-refractivity contribution in [3.63, 3.8) is 0 Å². The third-order valence-corrected chi connectivity index (χ3v) is 4.99. The summed E-state index contributed by atoms with van der Waals surface area (Å²) in [5, 5.41) is 26.2. The zero-order valence-electron chi connectivity index (χ0n) is 15.7. The summed E-state index contributed by atoms with van der Waals surface area (Å²) in [6.45, 7) is 1.98. The van der Waals surface area contributed by atoms with E-state index in [2.05, 4.69) is 10.1 Å². The molecule has 0 fully saturated rings. The van der Waals surface area contributed by atoms with Crippen molar-refractivity contribution in [2.45, 2.75) is 13.3 Å². The Morgan fingerprint density at radius 3 is 2.63 bits per heavy atom. The number of carbonyl (C=O) groups excluding carboxylic acids is 1. The molecule has 0 spiro atoms. The van der Waals surface area contributed by atoms with E-state index in [4.69, 9.17) is 11.6 Å². The van der Waals surface area contributed by atoms with Crippen LogP contribution in [0.2, 0.25) is 5.02 Å². The van der Waals surface area contributed by atoms with Crippen LogP contribution in [0.15, 0.2) is 54.9 Å². The lowest BCUT2D eigenvalue weighted by molar-refractivity contribution is -0.384. The molecule has 0 radical (unpaired) electrons. The van der Waals surface area contributed by atoms with Crippen molar-refractivity contribution in [1.29, 1.82) is 0 Å². The standard InChI is InChI=1S/C21H15ClN4O4/c1-2-16-19(12-3-5-14(22)6-4-12)24-25-11-13(10-23-21(16)25)20(28)17-9-15(26(29)30)7-8-18(17)27/h3-11,27H,2H2,1H3. The number of phenols is 1. The number of benzene rings is 2. The molecule has 0 bridgehead atoms. The van der Waals surface area contributed by atoms with Crippen LogP contribution in [0.1, 0.15) is 28.4 Å². The van der Waals surface area contributed by atoms with E-state index in [0.29, 0.717) is 17.1 Å². The van der Waals surface area contributed by atoms with Crippen LogP contribution in [0.4, 0.5) is 5.69 Å². The van der Waals surface area contributed by atoms with E-state index in [9.17, 15) is 20.0 Å². The van der Waals surface area contributed by atoms with Gasteiger partial charge in [0.25, 0.3) is 5.69 Å². The topological polar surface area (TPSA) is 111 Å². The summed E-state index contributed by atoms with van der Waals surface area (Å²) in [4.78, 5) is 27.6. The molecule has 4 aromatic rings. The van der Waals surface area contributed by atoms with Gasteiger partial charge in [-0.15, -0.1) is 0 Å². The molecule has 0 atom stereocenters. The molecule has 0 aliphatic rings. The molecule has 4 rings (SSSR count). The number of hydrogen-bond donors (Lipinski definition) is 1. The lowest BCUT2D eigenvalue weighted by Crippen LogP contribution is -2.06. The number of aryl methyl sites for hydroxylation is 1. The highest BCUT2D eigenvalue weighted by atomic mass is 35.5. The molecule has 1 N–H and O–H groups in total. The third-order valence-electron chi connectivity index (χ3n) is 4.74. The van der Waals surface area contributed by atoms with Crippen LogP contribution in [0.25, 0.3) is 16.9 Å². The Balaban J connectivity index is 1.81. The minimum atomic E-state index is -0.628. The van der Waals surface area contributed by atoms with Gasteiger partial charge in [-0.05, 0) is 24.6 Å². The fourth-order valence-electron chi connectivity index (χ4n) is 3.24. The number of fused-ring (bicyclic) bond motifs is 1. The van der Waals surface area contributed by atoms with Crippen molar-refractivity contribution in [2.75, 3.05) is 0 Å². The Hall–Kier alpha value is -3.78. The van der Waals surface area contributed by atoms with E-state index in [1.807, 2.05) is 19.1 Å². The third kappa shape index (κ3) is 3.37. The first-order valence-corrected chi connectivity index (χ1v) is 9.42. The Bertz CT molecular complexity index is 1300. The van der Waals surface area contributed by atoms with E-state index in [-0.39, 0.29) is 22.6 Å². The molecule has 0 saturated heterocycles. The Labute approximate surface area is 175 Å². The second-order valence-corrected chi connectivity index (χ2v) is 7.02. The largest absolute Gasteiger partial charge is 0.507 e.